The minimum absolute atomic E-state index is 0.00267. The molecule has 1 aliphatic heterocycles. The van der Waals surface area contributed by atoms with Crippen LogP contribution in [-0.2, 0) is 21.9 Å². The number of carboxylic acids is 1. The maximum atomic E-state index is 12.0. The molecule has 0 aromatic heterocycles. The van der Waals surface area contributed by atoms with Crippen LogP contribution in [0.25, 0.3) is 0 Å². The average molecular weight is 629 g/mol. The largest absolute Gasteiger partial charge is 0.490 e. The zero-order valence-corrected chi connectivity index (χ0v) is 25.9. The predicted molar refractivity (Wildman–Crippen MR) is 167 cm³/mol. The van der Waals surface area contributed by atoms with Crippen molar-refractivity contribution in [1.82, 2.24) is 0 Å². The van der Waals surface area contributed by atoms with Gasteiger partial charge in [0.25, 0.3) is 0 Å². The lowest BCUT2D eigenvalue weighted by Crippen LogP contribution is -2.49. The summed E-state index contributed by atoms with van der Waals surface area (Å²) >= 11 is 6.37. The van der Waals surface area contributed by atoms with E-state index in [4.69, 9.17) is 21.5 Å². The average Bonchev–Trinajstić information content (AvgIpc) is 3.37. The first-order valence-electron chi connectivity index (χ1n) is 15.4. The summed E-state index contributed by atoms with van der Waals surface area (Å²) in [4.78, 5) is 14.2. The zero-order valence-electron chi connectivity index (χ0n) is 24.3. The number of aliphatic hydroxyl groups is 1. The van der Waals surface area contributed by atoms with Crippen LogP contribution in [0.5, 0.6) is 5.75 Å². The van der Waals surface area contributed by atoms with Gasteiger partial charge < -0.3 is 19.8 Å². The molecule has 232 valence electrons. The quantitative estimate of drug-likeness (QED) is 0.338. The second-order valence-corrected chi connectivity index (χ2v) is 15.3. The first-order valence-corrected chi connectivity index (χ1v) is 17.4. The number of nitrogens with two attached hydrogens (primary N) is 1. The van der Waals surface area contributed by atoms with Crippen molar-refractivity contribution in [3.8, 4) is 5.75 Å². The van der Waals surface area contributed by atoms with E-state index in [1.165, 1.54) is 11.1 Å². The second kappa shape index (κ2) is 12.1. The third-order valence-electron chi connectivity index (χ3n) is 10.4. The SMILES string of the molecule is NS(=O)(=O)[C@H]1CCC[C@H]1C/C=C/[C@H](O)[C@@H]1CC[C@H]1CN1C[C@@]2(CCCc3cc(Cl)ccc32)COc2ccc(C(=O)O)cc21. The molecule has 4 N–H and O–H groups in total. The number of ether oxygens (including phenoxy) is 1. The minimum atomic E-state index is -3.56. The fraction of sp³-hybridized carbons (Fsp3) is 0.545. The number of sulfonamides is 1. The summed E-state index contributed by atoms with van der Waals surface area (Å²) in [5, 5.41) is 26.6. The molecule has 8 nitrogen and oxygen atoms in total. The van der Waals surface area contributed by atoms with Crippen LogP contribution < -0.4 is 14.8 Å². The van der Waals surface area contributed by atoms with Crippen molar-refractivity contribution in [2.45, 2.75) is 74.6 Å². The third kappa shape index (κ3) is 6.19. The van der Waals surface area contributed by atoms with Gasteiger partial charge in [0.2, 0.25) is 10.0 Å². The van der Waals surface area contributed by atoms with Gasteiger partial charge >= 0.3 is 5.97 Å². The van der Waals surface area contributed by atoms with Crippen LogP contribution in [0.1, 0.15) is 72.9 Å². The van der Waals surface area contributed by atoms with E-state index in [0.717, 1.165) is 55.7 Å². The number of carboxylic acid groups (broad SMARTS) is 1. The van der Waals surface area contributed by atoms with E-state index in [1.54, 1.807) is 18.2 Å². The Labute approximate surface area is 258 Å². The number of allylic oxidation sites excluding steroid dienone is 1. The van der Waals surface area contributed by atoms with E-state index in [9.17, 15) is 23.4 Å². The maximum Gasteiger partial charge on any atom is 0.335 e. The monoisotopic (exact) mass is 628 g/mol. The molecule has 0 saturated heterocycles. The van der Waals surface area contributed by atoms with Crippen LogP contribution in [0.2, 0.25) is 5.02 Å². The molecule has 0 unspecified atom stereocenters. The molecule has 6 rings (SSSR count). The highest BCUT2D eigenvalue weighted by Crippen LogP contribution is 2.46. The van der Waals surface area contributed by atoms with Crippen molar-refractivity contribution in [2.75, 3.05) is 24.6 Å². The first kappa shape index (κ1) is 30.4. The molecule has 2 saturated carbocycles. The minimum Gasteiger partial charge on any atom is -0.490 e. The van der Waals surface area contributed by atoms with E-state index in [0.29, 0.717) is 38.3 Å². The summed E-state index contributed by atoms with van der Waals surface area (Å²) in [6.07, 6.45) is 10.8. The maximum absolute atomic E-state index is 12.0. The van der Waals surface area contributed by atoms with Crippen LogP contribution in [0.4, 0.5) is 5.69 Å². The van der Waals surface area contributed by atoms with Crippen LogP contribution in [-0.4, -0.2) is 55.7 Å². The van der Waals surface area contributed by atoms with E-state index in [-0.39, 0.29) is 28.7 Å². The number of primary sulfonamides is 1. The van der Waals surface area contributed by atoms with E-state index < -0.39 is 27.3 Å². The molecule has 2 fully saturated rings. The van der Waals surface area contributed by atoms with Gasteiger partial charge in [-0.3, -0.25) is 0 Å². The second-order valence-electron chi connectivity index (χ2n) is 13.1. The van der Waals surface area contributed by atoms with Crippen LogP contribution in [0.15, 0.2) is 48.6 Å². The predicted octanol–water partition coefficient (Wildman–Crippen LogP) is 5.30. The van der Waals surface area contributed by atoms with E-state index >= 15 is 0 Å². The number of anilines is 1. The molecule has 1 heterocycles. The number of hydrogen-bond acceptors (Lipinski definition) is 6. The number of benzene rings is 2. The fourth-order valence-electron chi connectivity index (χ4n) is 8.04. The Balaban J connectivity index is 1.22. The van der Waals surface area contributed by atoms with Gasteiger partial charge in [-0.1, -0.05) is 36.2 Å². The third-order valence-corrected chi connectivity index (χ3v) is 12.1. The molecule has 0 bridgehead atoms. The Kier molecular flexibility index (Phi) is 8.54. The number of fused-ring (bicyclic) bond motifs is 3. The highest BCUT2D eigenvalue weighted by atomic mass is 35.5. The van der Waals surface area contributed by atoms with Gasteiger partial charge in [0, 0.05) is 23.5 Å². The van der Waals surface area contributed by atoms with Crippen molar-refractivity contribution in [3.05, 3.63) is 70.3 Å². The van der Waals surface area contributed by atoms with Crippen molar-refractivity contribution >= 4 is 33.3 Å². The number of halogens is 1. The molecule has 4 aliphatic rings. The highest BCUT2D eigenvalue weighted by Gasteiger charge is 2.44. The van der Waals surface area contributed by atoms with Gasteiger partial charge in [-0.25, -0.2) is 18.4 Å². The normalized spacial score (nSPS) is 29.4. The molecule has 6 atom stereocenters. The molecule has 0 radical (unpaired) electrons. The summed E-state index contributed by atoms with van der Waals surface area (Å²) in [6.45, 7) is 1.86. The Morgan fingerprint density at radius 2 is 1.98 bits per heavy atom. The van der Waals surface area contributed by atoms with Gasteiger partial charge in [0.15, 0.2) is 0 Å². The summed E-state index contributed by atoms with van der Waals surface area (Å²) in [5.41, 5.74) is 3.23. The van der Waals surface area contributed by atoms with Gasteiger partial charge in [-0.15, -0.1) is 0 Å². The molecule has 43 heavy (non-hydrogen) atoms. The molecular formula is C33H41ClN2O6S. The van der Waals surface area contributed by atoms with Crippen LogP contribution >= 0.6 is 11.6 Å². The molecule has 1 spiro atoms. The number of aromatic carboxylic acids is 1. The van der Waals surface area contributed by atoms with Gasteiger partial charge in [-0.05, 0) is 111 Å². The van der Waals surface area contributed by atoms with Crippen LogP contribution in [0.3, 0.4) is 0 Å². The summed E-state index contributed by atoms with van der Waals surface area (Å²) in [5.74, 6) is -0.0173. The van der Waals surface area contributed by atoms with Crippen molar-refractivity contribution < 1.29 is 28.2 Å². The van der Waals surface area contributed by atoms with E-state index in [1.807, 2.05) is 18.2 Å². The molecule has 0 amide bonds. The summed E-state index contributed by atoms with van der Waals surface area (Å²) in [7, 11) is -3.56. The Morgan fingerprint density at radius 1 is 1.14 bits per heavy atom. The van der Waals surface area contributed by atoms with Gasteiger partial charge in [0.1, 0.15) is 5.75 Å². The van der Waals surface area contributed by atoms with E-state index in [2.05, 4.69) is 17.0 Å². The number of rotatable bonds is 8. The molecular weight excluding hydrogens is 588 g/mol. The number of aliphatic hydroxyl groups excluding tert-OH is 1. The van der Waals surface area contributed by atoms with Crippen molar-refractivity contribution in [2.24, 2.45) is 22.9 Å². The zero-order chi connectivity index (χ0) is 30.4. The van der Waals surface area contributed by atoms with Gasteiger partial charge in [-0.2, -0.15) is 0 Å². The molecule has 2 aromatic rings. The highest BCUT2D eigenvalue weighted by molar-refractivity contribution is 7.89. The Bertz CT molecular complexity index is 1510. The van der Waals surface area contributed by atoms with Gasteiger partial charge in [0.05, 0.1) is 29.2 Å². The summed E-state index contributed by atoms with van der Waals surface area (Å²) < 4.78 is 30.4. The number of nitrogens with zero attached hydrogens (tertiary/aromatic N) is 1. The summed E-state index contributed by atoms with van der Waals surface area (Å²) in [6, 6.07) is 11.2. The van der Waals surface area contributed by atoms with Crippen LogP contribution in [0, 0.1) is 17.8 Å². The Morgan fingerprint density at radius 3 is 2.72 bits per heavy atom. The topological polar surface area (TPSA) is 130 Å². The van der Waals surface area contributed by atoms with Crippen molar-refractivity contribution in [3.63, 3.8) is 0 Å². The number of aryl methyl sites for hydroxylation is 1. The smallest absolute Gasteiger partial charge is 0.335 e. The lowest BCUT2D eigenvalue weighted by molar-refractivity contribution is 0.0455. The van der Waals surface area contributed by atoms with Crippen molar-refractivity contribution in [1.29, 1.82) is 0 Å². The number of hydrogen-bond donors (Lipinski definition) is 3. The molecule has 10 heteroatoms. The standard InChI is InChI=1S/C33H41ClN2O6S/c34-25-11-13-27-22(16-25)6-3-15-33(27)19-36(28-17-23(32(38)39)10-14-30(28)42-20-33)18-24-9-12-26(24)29(37)7-1-4-21-5-2-8-31(21)43(35,40)41/h1,7,10-11,13-14,16-17,21,24,26,29,31,37H,2-6,8-9,12,15,18-20H2,(H,38,39)(H2,35,40,41)/b7-1+/t21-,24+,26-,29+,31+,33+/m1/s1. The molecule has 3 aliphatic carbocycles. The molecule has 2 aromatic carbocycles. The first-order chi connectivity index (χ1) is 20.5. The Hall–Kier alpha value is -2.59. The lowest BCUT2D eigenvalue weighted by atomic mass is 9.68. The fourth-order valence-corrected chi connectivity index (χ4v) is 9.52. The lowest BCUT2D eigenvalue weighted by Gasteiger charge is -2.45. The number of carbonyl (C=O) groups is 1.